The van der Waals surface area contributed by atoms with Crippen LogP contribution in [0.2, 0.25) is 0 Å². The second kappa shape index (κ2) is 8.01. The maximum absolute atomic E-state index is 10.2. The maximum atomic E-state index is 10.2. The van der Waals surface area contributed by atoms with Gasteiger partial charge in [-0.2, -0.15) is 0 Å². The van der Waals surface area contributed by atoms with Gasteiger partial charge in [0, 0.05) is 13.1 Å². The number of benzene rings is 1. The van der Waals surface area contributed by atoms with Gasteiger partial charge in [-0.05, 0) is 35.7 Å². The van der Waals surface area contributed by atoms with Crippen LogP contribution in [0.25, 0.3) is 0 Å². The minimum atomic E-state index is -0.354. The van der Waals surface area contributed by atoms with Crippen LogP contribution in [0.4, 0.5) is 0 Å². The second-order valence-corrected chi connectivity index (χ2v) is 5.91. The van der Waals surface area contributed by atoms with Crippen molar-refractivity contribution in [1.82, 2.24) is 4.90 Å². The molecule has 0 bridgehead atoms. The van der Waals surface area contributed by atoms with Crippen LogP contribution in [0.5, 0.6) is 5.75 Å². The van der Waals surface area contributed by atoms with E-state index in [2.05, 4.69) is 17.0 Å². The van der Waals surface area contributed by atoms with E-state index in [4.69, 9.17) is 9.15 Å². The van der Waals surface area contributed by atoms with E-state index in [1.165, 1.54) is 5.56 Å². The van der Waals surface area contributed by atoms with E-state index in [1.807, 2.05) is 38.1 Å². The van der Waals surface area contributed by atoms with E-state index < -0.39 is 0 Å². The molecule has 0 amide bonds. The lowest BCUT2D eigenvalue weighted by atomic mass is 10.1. The Morgan fingerprint density at radius 2 is 1.86 bits per heavy atom. The third-order valence-electron chi connectivity index (χ3n) is 3.74. The molecule has 0 unspecified atom stereocenters. The minimum Gasteiger partial charge on any atom is -0.497 e. The van der Waals surface area contributed by atoms with Crippen LogP contribution >= 0.6 is 0 Å². The van der Waals surface area contributed by atoms with Crippen LogP contribution in [0.3, 0.4) is 0 Å². The number of nitrogens with zero attached hydrogens (tertiary/aromatic N) is 1. The molecule has 120 valence electrons. The molecule has 0 saturated carbocycles. The Bertz CT molecular complexity index is 534. The van der Waals surface area contributed by atoms with Gasteiger partial charge in [-0.3, -0.25) is 4.90 Å². The van der Waals surface area contributed by atoms with E-state index in [0.29, 0.717) is 13.1 Å². The quantitative estimate of drug-likeness (QED) is 0.812. The summed E-state index contributed by atoms with van der Waals surface area (Å²) in [6, 6.07) is 11.9. The van der Waals surface area contributed by atoms with Gasteiger partial charge in [-0.25, -0.2) is 0 Å². The van der Waals surface area contributed by atoms with Crippen molar-refractivity contribution in [1.29, 1.82) is 0 Å². The molecule has 22 heavy (non-hydrogen) atoms. The van der Waals surface area contributed by atoms with Crippen molar-refractivity contribution in [2.45, 2.75) is 33.0 Å². The Morgan fingerprint density at radius 3 is 2.41 bits per heavy atom. The zero-order chi connectivity index (χ0) is 15.9. The first-order chi connectivity index (χ1) is 10.6. The first kappa shape index (κ1) is 16.6. The van der Waals surface area contributed by atoms with Crippen molar-refractivity contribution in [2.24, 2.45) is 5.92 Å². The van der Waals surface area contributed by atoms with Crippen molar-refractivity contribution in [3.63, 3.8) is 0 Å². The van der Waals surface area contributed by atoms with Crippen LogP contribution in [0.15, 0.2) is 47.1 Å². The van der Waals surface area contributed by atoms with Gasteiger partial charge in [-0.1, -0.05) is 26.0 Å². The van der Waals surface area contributed by atoms with Gasteiger partial charge in [0.1, 0.15) is 11.5 Å². The monoisotopic (exact) mass is 303 g/mol. The van der Waals surface area contributed by atoms with Gasteiger partial charge in [0.25, 0.3) is 0 Å². The summed E-state index contributed by atoms with van der Waals surface area (Å²) < 4.78 is 10.6. The Hall–Kier alpha value is -1.78. The van der Waals surface area contributed by atoms with Crippen LogP contribution < -0.4 is 4.74 Å². The fourth-order valence-electron chi connectivity index (χ4n) is 2.27. The molecule has 1 atom stereocenters. The number of hydrogen-bond acceptors (Lipinski definition) is 4. The smallest absolute Gasteiger partial charge is 0.118 e. The molecular weight excluding hydrogens is 278 g/mol. The van der Waals surface area contributed by atoms with Gasteiger partial charge >= 0.3 is 0 Å². The van der Waals surface area contributed by atoms with E-state index in [1.54, 1.807) is 13.4 Å². The van der Waals surface area contributed by atoms with Gasteiger partial charge in [0.15, 0.2) is 0 Å². The molecule has 0 saturated heterocycles. The summed E-state index contributed by atoms with van der Waals surface area (Å²) in [4.78, 5) is 2.20. The summed E-state index contributed by atoms with van der Waals surface area (Å²) in [7, 11) is 1.66. The molecule has 2 aromatic rings. The number of methoxy groups -OCH3 is 1. The van der Waals surface area contributed by atoms with Crippen molar-refractivity contribution in [3.05, 3.63) is 54.0 Å². The zero-order valence-corrected chi connectivity index (χ0v) is 13.5. The van der Waals surface area contributed by atoms with E-state index >= 15 is 0 Å². The Labute approximate surface area is 132 Å². The predicted octanol–water partition coefficient (Wildman–Crippen LogP) is 3.31. The average Bonchev–Trinajstić information content (AvgIpc) is 3.00. The number of aliphatic hydroxyl groups excluding tert-OH is 1. The molecular formula is C18H25NO3. The molecule has 0 fully saturated rings. The number of rotatable bonds is 8. The summed E-state index contributed by atoms with van der Waals surface area (Å²) in [6.45, 7) is 6.12. The van der Waals surface area contributed by atoms with Gasteiger partial charge in [0.05, 0.1) is 26.0 Å². The highest BCUT2D eigenvalue weighted by Gasteiger charge is 2.16. The highest BCUT2D eigenvalue weighted by atomic mass is 16.5. The fraction of sp³-hybridized carbons (Fsp3) is 0.444. The Balaban J connectivity index is 2.05. The van der Waals surface area contributed by atoms with E-state index in [9.17, 15) is 5.11 Å². The predicted molar refractivity (Wildman–Crippen MR) is 86.7 cm³/mol. The largest absolute Gasteiger partial charge is 0.497 e. The molecule has 0 spiro atoms. The third-order valence-corrected chi connectivity index (χ3v) is 3.74. The van der Waals surface area contributed by atoms with Crippen LogP contribution in [0.1, 0.15) is 25.2 Å². The molecule has 0 aliphatic rings. The highest BCUT2D eigenvalue weighted by molar-refractivity contribution is 5.27. The third kappa shape index (κ3) is 4.90. The Morgan fingerprint density at radius 1 is 1.14 bits per heavy atom. The molecule has 4 heteroatoms. The Kier molecular flexibility index (Phi) is 6.04. The number of aliphatic hydroxyl groups is 1. The molecule has 1 heterocycles. The van der Waals surface area contributed by atoms with Crippen LogP contribution in [0, 0.1) is 5.92 Å². The van der Waals surface area contributed by atoms with E-state index in [-0.39, 0.29) is 12.0 Å². The highest BCUT2D eigenvalue weighted by Crippen LogP contribution is 2.16. The number of furan rings is 1. The lowest BCUT2D eigenvalue weighted by Gasteiger charge is -2.26. The first-order valence-corrected chi connectivity index (χ1v) is 7.64. The summed E-state index contributed by atoms with van der Waals surface area (Å²) in [5.74, 6) is 1.99. The molecule has 0 aliphatic heterocycles. The zero-order valence-electron chi connectivity index (χ0n) is 13.5. The summed E-state index contributed by atoms with van der Waals surface area (Å²) >= 11 is 0. The van der Waals surface area contributed by atoms with Crippen LogP contribution in [-0.2, 0) is 13.1 Å². The molecule has 2 rings (SSSR count). The van der Waals surface area contributed by atoms with Crippen molar-refractivity contribution in [2.75, 3.05) is 13.7 Å². The number of ether oxygens (including phenoxy) is 1. The van der Waals surface area contributed by atoms with Crippen LogP contribution in [-0.4, -0.2) is 29.8 Å². The molecule has 4 nitrogen and oxygen atoms in total. The maximum Gasteiger partial charge on any atom is 0.118 e. The standard InChI is InChI=1S/C18H25NO3/c1-14(2)18(20)13-19(12-17-5-4-10-22-17)11-15-6-8-16(21-3)9-7-15/h4-10,14,18,20H,11-13H2,1-3H3/t18-/m0/s1. The lowest BCUT2D eigenvalue weighted by molar-refractivity contribution is 0.0670. The minimum absolute atomic E-state index is 0.231. The van der Waals surface area contributed by atoms with Gasteiger partial charge in [0.2, 0.25) is 0 Å². The second-order valence-electron chi connectivity index (χ2n) is 5.91. The molecule has 1 aromatic carbocycles. The molecule has 1 aromatic heterocycles. The van der Waals surface area contributed by atoms with Gasteiger partial charge < -0.3 is 14.3 Å². The molecule has 1 N–H and O–H groups in total. The number of hydrogen-bond donors (Lipinski definition) is 1. The molecule has 0 aliphatic carbocycles. The summed E-state index contributed by atoms with van der Waals surface area (Å²) in [5.41, 5.74) is 1.18. The van der Waals surface area contributed by atoms with Gasteiger partial charge in [-0.15, -0.1) is 0 Å². The normalized spacial score (nSPS) is 12.8. The topological polar surface area (TPSA) is 45.8 Å². The van der Waals surface area contributed by atoms with E-state index in [0.717, 1.165) is 18.1 Å². The average molecular weight is 303 g/mol. The van der Waals surface area contributed by atoms with Crippen molar-refractivity contribution < 1.29 is 14.3 Å². The van der Waals surface area contributed by atoms with Crippen molar-refractivity contribution >= 4 is 0 Å². The van der Waals surface area contributed by atoms with Crippen molar-refractivity contribution in [3.8, 4) is 5.75 Å². The first-order valence-electron chi connectivity index (χ1n) is 7.64. The summed E-state index contributed by atoms with van der Waals surface area (Å²) in [6.07, 6.45) is 1.33. The fourth-order valence-corrected chi connectivity index (χ4v) is 2.27. The lowest BCUT2D eigenvalue weighted by Crippen LogP contribution is -2.34. The summed E-state index contributed by atoms with van der Waals surface area (Å²) in [5, 5.41) is 10.2. The molecule has 0 radical (unpaired) electrons. The SMILES string of the molecule is COc1ccc(CN(Cc2ccco2)C[C@H](O)C(C)C)cc1.